The molecule has 0 bridgehead atoms. The lowest BCUT2D eigenvalue weighted by molar-refractivity contribution is -0.383. The molecule has 0 aromatic heterocycles. The van der Waals surface area contributed by atoms with Crippen LogP contribution in [0.4, 0.5) is 25.8 Å². The summed E-state index contributed by atoms with van der Waals surface area (Å²) >= 11 is 0. The van der Waals surface area contributed by atoms with E-state index in [1.807, 2.05) is 0 Å². The summed E-state index contributed by atoms with van der Waals surface area (Å²) in [4.78, 5) is 10.2. The molecule has 0 amide bonds. The van der Waals surface area contributed by atoms with Gasteiger partial charge in [-0.1, -0.05) is 6.07 Å². The van der Waals surface area contributed by atoms with Gasteiger partial charge in [0.15, 0.2) is 0 Å². The van der Waals surface area contributed by atoms with E-state index in [0.29, 0.717) is 0 Å². The summed E-state index contributed by atoms with van der Waals surface area (Å²) in [5, 5.41) is 22.0. The Labute approximate surface area is 112 Å². The second-order valence-electron chi connectivity index (χ2n) is 3.82. The summed E-state index contributed by atoms with van der Waals surface area (Å²) < 4.78 is 27.0. The van der Waals surface area contributed by atoms with Gasteiger partial charge in [-0.2, -0.15) is 5.26 Å². The molecule has 0 saturated carbocycles. The molecule has 1 N–H and O–H groups in total. The largest absolute Gasteiger partial charge is 0.345 e. The van der Waals surface area contributed by atoms with E-state index in [2.05, 4.69) is 5.32 Å². The molecule has 2 rings (SSSR count). The first-order chi connectivity index (χ1) is 9.52. The van der Waals surface area contributed by atoms with E-state index < -0.39 is 27.9 Å². The summed E-state index contributed by atoms with van der Waals surface area (Å²) in [6.07, 6.45) is 0. The predicted molar refractivity (Wildman–Crippen MR) is 67.5 cm³/mol. The number of anilines is 2. The zero-order valence-corrected chi connectivity index (χ0v) is 9.93. The predicted octanol–water partition coefficient (Wildman–Crippen LogP) is 3.49. The molecule has 100 valence electrons. The topological polar surface area (TPSA) is 79.0 Å². The minimum absolute atomic E-state index is 0.0799. The van der Waals surface area contributed by atoms with E-state index in [0.717, 1.165) is 18.2 Å². The number of hydrogen-bond donors (Lipinski definition) is 1. The lowest BCUT2D eigenvalue weighted by Gasteiger charge is -2.09. The number of nitriles is 1. The monoisotopic (exact) mass is 275 g/mol. The molecule has 0 spiro atoms. The molecule has 0 fully saturated rings. The molecular weight excluding hydrogens is 268 g/mol. The summed E-state index contributed by atoms with van der Waals surface area (Å²) in [5.41, 5.74) is -0.943. The molecule has 0 radical (unpaired) electrons. The van der Waals surface area contributed by atoms with Crippen LogP contribution in [0.5, 0.6) is 0 Å². The Morgan fingerprint density at radius 1 is 1.20 bits per heavy atom. The minimum Gasteiger partial charge on any atom is -0.345 e. The number of benzene rings is 2. The Morgan fingerprint density at radius 3 is 2.40 bits per heavy atom. The standard InChI is InChI=1S/C13H7F2N3O2/c14-9-2-1-3-10(15)13(9)17-11-5-4-8(7-16)6-12(11)18(19)20/h1-6,17H. The quantitative estimate of drug-likeness (QED) is 0.687. The van der Waals surface area contributed by atoms with Crippen molar-refractivity contribution < 1.29 is 13.7 Å². The van der Waals surface area contributed by atoms with Gasteiger partial charge in [0.05, 0.1) is 16.6 Å². The highest BCUT2D eigenvalue weighted by Gasteiger charge is 2.17. The van der Waals surface area contributed by atoms with Crippen LogP contribution in [0.3, 0.4) is 0 Å². The van der Waals surface area contributed by atoms with Gasteiger partial charge in [0.1, 0.15) is 23.0 Å². The second kappa shape index (κ2) is 5.32. The Morgan fingerprint density at radius 2 is 1.85 bits per heavy atom. The molecule has 0 aliphatic heterocycles. The van der Waals surface area contributed by atoms with Crippen LogP contribution >= 0.6 is 0 Å². The fraction of sp³-hybridized carbons (Fsp3) is 0. The second-order valence-corrected chi connectivity index (χ2v) is 3.82. The SMILES string of the molecule is N#Cc1ccc(Nc2c(F)cccc2F)c([N+](=O)[O-])c1. The molecule has 7 heteroatoms. The molecule has 5 nitrogen and oxygen atoms in total. The maximum Gasteiger partial charge on any atom is 0.293 e. The lowest BCUT2D eigenvalue weighted by Crippen LogP contribution is -2.01. The number of nitro benzene ring substituents is 1. The number of hydrogen-bond acceptors (Lipinski definition) is 4. The first kappa shape index (κ1) is 13.4. The molecule has 20 heavy (non-hydrogen) atoms. The van der Waals surface area contributed by atoms with Crippen LogP contribution in [0.15, 0.2) is 36.4 Å². The van der Waals surface area contributed by atoms with Gasteiger partial charge >= 0.3 is 0 Å². The fourth-order valence-electron chi connectivity index (χ4n) is 1.61. The fourth-order valence-corrected chi connectivity index (χ4v) is 1.61. The van der Waals surface area contributed by atoms with Gasteiger partial charge < -0.3 is 5.32 Å². The van der Waals surface area contributed by atoms with Crippen molar-refractivity contribution in [1.82, 2.24) is 0 Å². The van der Waals surface area contributed by atoms with Crippen LogP contribution in [-0.2, 0) is 0 Å². The average Bonchev–Trinajstić information content (AvgIpc) is 2.43. The molecule has 0 aliphatic carbocycles. The minimum atomic E-state index is -0.872. The van der Waals surface area contributed by atoms with Crippen molar-refractivity contribution in [3.63, 3.8) is 0 Å². The normalized spacial score (nSPS) is 9.85. The van der Waals surface area contributed by atoms with Crippen molar-refractivity contribution in [2.45, 2.75) is 0 Å². The molecule has 0 saturated heterocycles. The summed E-state index contributed by atoms with van der Waals surface area (Å²) in [6.45, 7) is 0. The van der Waals surface area contributed by atoms with E-state index in [9.17, 15) is 18.9 Å². The van der Waals surface area contributed by atoms with Gasteiger partial charge in [0.2, 0.25) is 0 Å². The van der Waals surface area contributed by atoms with Crippen molar-refractivity contribution in [2.75, 3.05) is 5.32 Å². The van der Waals surface area contributed by atoms with Crippen LogP contribution < -0.4 is 5.32 Å². The first-order valence-corrected chi connectivity index (χ1v) is 5.42. The van der Waals surface area contributed by atoms with Crippen molar-refractivity contribution in [2.24, 2.45) is 0 Å². The maximum atomic E-state index is 13.5. The Kier molecular flexibility index (Phi) is 3.57. The van der Waals surface area contributed by atoms with Gasteiger partial charge in [-0.05, 0) is 24.3 Å². The van der Waals surface area contributed by atoms with E-state index in [-0.39, 0.29) is 11.3 Å². The van der Waals surface area contributed by atoms with E-state index in [1.54, 1.807) is 6.07 Å². The third-order valence-corrected chi connectivity index (χ3v) is 2.55. The van der Waals surface area contributed by atoms with Crippen LogP contribution in [0.2, 0.25) is 0 Å². The smallest absolute Gasteiger partial charge is 0.293 e. The third kappa shape index (κ3) is 2.54. The molecule has 0 atom stereocenters. The van der Waals surface area contributed by atoms with Crippen molar-refractivity contribution in [3.05, 3.63) is 63.7 Å². The van der Waals surface area contributed by atoms with Crippen LogP contribution in [0.1, 0.15) is 5.56 Å². The number of nitro groups is 1. The van der Waals surface area contributed by atoms with Crippen molar-refractivity contribution in [3.8, 4) is 6.07 Å². The highest BCUT2D eigenvalue weighted by Crippen LogP contribution is 2.30. The average molecular weight is 275 g/mol. The van der Waals surface area contributed by atoms with Crippen LogP contribution in [0.25, 0.3) is 0 Å². The molecule has 0 heterocycles. The highest BCUT2D eigenvalue weighted by atomic mass is 19.1. The van der Waals surface area contributed by atoms with Gasteiger partial charge in [-0.15, -0.1) is 0 Å². The van der Waals surface area contributed by atoms with Crippen molar-refractivity contribution in [1.29, 1.82) is 5.26 Å². The van der Waals surface area contributed by atoms with Crippen LogP contribution in [0, 0.1) is 33.1 Å². The summed E-state index contributed by atoms with van der Waals surface area (Å²) in [5.74, 6) is -1.74. The Bertz CT molecular complexity index is 706. The molecular formula is C13H7F2N3O2. The lowest BCUT2D eigenvalue weighted by atomic mass is 10.1. The van der Waals surface area contributed by atoms with Gasteiger partial charge in [0.25, 0.3) is 5.69 Å². The van der Waals surface area contributed by atoms with Gasteiger partial charge in [-0.3, -0.25) is 10.1 Å². The van der Waals surface area contributed by atoms with Gasteiger partial charge in [-0.25, -0.2) is 8.78 Å². The highest BCUT2D eigenvalue weighted by molar-refractivity contribution is 5.71. The maximum absolute atomic E-state index is 13.5. The first-order valence-electron chi connectivity index (χ1n) is 5.42. The number of nitrogens with one attached hydrogen (secondary N) is 1. The number of para-hydroxylation sites is 1. The zero-order chi connectivity index (χ0) is 14.7. The third-order valence-electron chi connectivity index (χ3n) is 2.55. The molecule has 2 aromatic carbocycles. The number of nitrogens with zero attached hydrogens (tertiary/aromatic N) is 2. The Balaban J connectivity index is 2.49. The molecule has 0 aliphatic rings. The van der Waals surface area contributed by atoms with E-state index in [4.69, 9.17) is 5.26 Å². The van der Waals surface area contributed by atoms with E-state index in [1.165, 1.54) is 18.2 Å². The van der Waals surface area contributed by atoms with Crippen molar-refractivity contribution >= 4 is 17.1 Å². The van der Waals surface area contributed by atoms with E-state index >= 15 is 0 Å². The zero-order valence-electron chi connectivity index (χ0n) is 9.93. The number of halogens is 2. The van der Waals surface area contributed by atoms with Gasteiger partial charge in [0, 0.05) is 6.07 Å². The van der Waals surface area contributed by atoms with Crippen LogP contribution in [-0.4, -0.2) is 4.92 Å². The number of rotatable bonds is 3. The Hall–Kier alpha value is -3.01. The summed E-state index contributed by atoms with van der Waals surface area (Å²) in [6, 6.07) is 8.56. The molecule has 0 unspecified atom stereocenters. The summed E-state index contributed by atoms with van der Waals surface area (Å²) in [7, 11) is 0. The molecule has 2 aromatic rings.